The van der Waals surface area contributed by atoms with Crippen molar-refractivity contribution >= 4 is 11.6 Å². The highest BCUT2D eigenvalue weighted by atomic mass is 19.1. The van der Waals surface area contributed by atoms with Crippen molar-refractivity contribution in [3.8, 4) is 0 Å². The summed E-state index contributed by atoms with van der Waals surface area (Å²) in [6.07, 6.45) is 7.52. The van der Waals surface area contributed by atoms with E-state index in [9.17, 15) is 8.78 Å². The van der Waals surface area contributed by atoms with Crippen molar-refractivity contribution in [2.75, 3.05) is 24.2 Å². The molecule has 1 saturated carbocycles. The lowest BCUT2D eigenvalue weighted by molar-refractivity contribution is 0.490. The van der Waals surface area contributed by atoms with Gasteiger partial charge in [0.05, 0.1) is 0 Å². The zero-order valence-corrected chi connectivity index (χ0v) is 11.3. The van der Waals surface area contributed by atoms with Crippen LogP contribution in [0.5, 0.6) is 0 Å². The third-order valence-corrected chi connectivity index (χ3v) is 3.72. The largest absolute Gasteiger partial charge is 0.371 e. The molecule has 5 heteroatoms. The molecule has 1 aliphatic carbocycles. The molecule has 0 unspecified atom stereocenters. The van der Waals surface area contributed by atoms with Crippen LogP contribution in [0.15, 0.2) is 6.07 Å². The molecular weight excluding hydrogens is 248 g/mol. The summed E-state index contributed by atoms with van der Waals surface area (Å²) in [6.45, 7) is 0.676. The summed E-state index contributed by atoms with van der Waals surface area (Å²) in [6, 6.07) is 0.859. The van der Waals surface area contributed by atoms with Crippen LogP contribution in [-0.2, 0) is 0 Å². The van der Waals surface area contributed by atoms with E-state index < -0.39 is 11.6 Å². The van der Waals surface area contributed by atoms with Gasteiger partial charge in [-0.3, -0.25) is 0 Å². The smallest absolute Gasteiger partial charge is 0.168 e. The van der Waals surface area contributed by atoms with Gasteiger partial charge in [0.2, 0.25) is 0 Å². The second-order valence-corrected chi connectivity index (χ2v) is 5.12. The maximum Gasteiger partial charge on any atom is 0.168 e. The van der Waals surface area contributed by atoms with Gasteiger partial charge >= 0.3 is 0 Å². The number of hydrogen-bond acceptors (Lipinski definition) is 3. The van der Waals surface area contributed by atoms with Crippen LogP contribution in [0, 0.1) is 17.6 Å². The maximum atomic E-state index is 13.5. The first-order valence-corrected chi connectivity index (χ1v) is 6.98. The minimum Gasteiger partial charge on any atom is -0.371 e. The van der Waals surface area contributed by atoms with Crippen molar-refractivity contribution < 1.29 is 8.78 Å². The molecule has 0 aliphatic heterocycles. The average molecular weight is 269 g/mol. The molecule has 0 atom stereocenters. The summed E-state index contributed by atoms with van der Waals surface area (Å²) in [5.41, 5.74) is 0. The molecule has 0 bridgehead atoms. The van der Waals surface area contributed by atoms with E-state index in [1.54, 1.807) is 7.05 Å². The minimum atomic E-state index is -0.670. The Labute approximate surface area is 112 Å². The van der Waals surface area contributed by atoms with Gasteiger partial charge in [0.25, 0.3) is 0 Å². The summed E-state index contributed by atoms with van der Waals surface area (Å²) in [5, 5.41) is 5.55. The van der Waals surface area contributed by atoms with Crippen molar-refractivity contribution in [1.29, 1.82) is 0 Å². The standard InChI is InChI=1S/C14H21F2N3/c1-17-13-11(15)9-12(16)14(19-13)18-8-4-7-10-5-2-3-6-10/h9-10H,2-8H2,1H3,(H2,17,18,19). The van der Waals surface area contributed by atoms with Gasteiger partial charge in [0.15, 0.2) is 23.3 Å². The topological polar surface area (TPSA) is 37.0 Å². The molecular formula is C14H21F2N3. The molecule has 1 fully saturated rings. The molecule has 19 heavy (non-hydrogen) atoms. The van der Waals surface area contributed by atoms with E-state index in [0.717, 1.165) is 18.4 Å². The zero-order valence-electron chi connectivity index (χ0n) is 11.3. The van der Waals surface area contributed by atoms with Gasteiger partial charge in [-0.15, -0.1) is 0 Å². The van der Waals surface area contributed by atoms with Gasteiger partial charge < -0.3 is 10.6 Å². The van der Waals surface area contributed by atoms with E-state index >= 15 is 0 Å². The zero-order chi connectivity index (χ0) is 13.7. The Morgan fingerprint density at radius 2 is 1.89 bits per heavy atom. The second kappa shape index (κ2) is 6.68. The maximum absolute atomic E-state index is 13.5. The Hall–Kier alpha value is -1.39. The van der Waals surface area contributed by atoms with E-state index in [1.165, 1.54) is 32.1 Å². The number of rotatable bonds is 6. The lowest BCUT2D eigenvalue weighted by Crippen LogP contribution is -2.09. The molecule has 106 valence electrons. The molecule has 3 nitrogen and oxygen atoms in total. The van der Waals surface area contributed by atoms with Gasteiger partial charge in [-0.05, 0) is 18.8 Å². The first-order chi connectivity index (χ1) is 9.20. The van der Waals surface area contributed by atoms with Crippen molar-refractivity contribution in [3.63, 3.8) is 0 Å². The van der Waals surface area contributed by atoms with Gasteiger partial charge in [-0.1, -0.05) is 25.7 Å². The van der Waals surface area contributed by atoms with Crippen LogP contribution in [0.1, 0.15) is 38.5 Å². The summed E-state index contributed by atoms with van der Waals surface area (Å²) in [4.78, 5) is 3.89. The van der Waals surface area contributed by atoms with Crippen LogP contribution >= 0.6 is 0 Å². The van der Waals surface area contributed by atoms with Crippen LogP contribution < -0.4 is 10.6 Å². The fraction of sp³-hybridized carbons (Fsp3) is 0.643. The van der Waals surface area contributed by atoms with Gasteiger partial charge in [0.1, 0.15) is 0 Å². The SMILES string of the molecule is CNc1nc(NCCCC2CCCC2)c(F)cc1F. The van der Waals surface area contributed by atoms with Crippen LogP contribution in [0.3, 0.4) is 0 Å². The summed E-state index contributed by atoms with van der Waals surface area (Å²) in [7, 11) is 1.56. The van der Waals surface area contributed by atoms with Crippen LogP contribution in [0.25, 0.3) is 0 Å². The molecule has 2 N–H and O–H groups in total. The van der Waals surface area contributed by atoms with Crippen molar-refractivity contribution in [1.82, 2.24) is 4.98 Å². The Balaban J connectivity index is 1.81. The Bertz CT molecular complexity index is 417. The number of anilines is 2. The minimum absolute atomic E-state index is 0.0692. The number of nitrogens with one attached hydrogen (secondary N) is 2. The molecule has 0 amide bonds. The molecule has 1 aromatic rings. The summed E-state index contributed by atoms with van der Waals surface area (Å²) >= 11 is 0. The van der Waals surface area contributed by atoms with Gasteiger partial charge in [-0.2, -0.15) is 0 Å². The normalized spacial score (nSPS) is 15.7. The number of hydrogen-bond donors (Lipinski definition) is 2. The first-order valence-electron chi connectivity index (χ1n) is 6.98. The molecule has 0 aromatic carbocycles. The molecule has 2 rings (SSSR count). The Morgan fingerprint density at radius 3 is 2.58 bits per heavy atom. The van der Waals surface area contributed by atoms with E-state index in [4.69, 9.17) is 0 Å². The fourth-order valence-corrected chi connectivity index (χ4v) is 2.66. The molecule has 1 heterocycles. The van der Waals surface area contributed by atoms with E-state index in [-0.39, 0.29) is 11.6 Å². The predicted octanol–water partition coefficient (Wildman–Crippen LogP) is 3.78. The number of halogens is 2. The summed E-state index contributed by atoms with van der Waals surface area (Å²) < 4.78 is 26.7. The number of aromatic nitrogens is 1. The third-order valence-electron chi connectivity index (χ3n) is 3.72. The highest BCUT2D eigenvalue weighted by molar-refractivity contribution is 5.47. The molecule has 0 spiro atoms. The molecule has 0 saturated heterocycles. The van der Waals surface area contributed by atoms with Gasteiger partial charge in [-0.25, -0.2) is 13.8 Å². The van der Waals surface area contributed by atoms with E-state index in [2.05, 4.69) is 15.6 Å². The quantitative estimate of drug-likeness (QED) is 0.772. The van der Waals surface area contributed by atoms with Crippen molar-refractivity contribution in [3.05, 3.63) is 17.7 Å². The Kier molecular flexibility index (Phi) is 4.93. The average Bonchev–Trinajstić information content (AvgIpc) is 2.90. The highest BCUT2D eigenvalue weighted by Crippen LogP contribution is 2.28. The fourth-order valence-electron chi connectivity index (χ4n) is 2.66. The third kappa shape index (κ3) is 3.78. The van der Waals surface area contributed by atoms with Crippen LogP contribution in [0.2, 0.25) is 0 Å². The monoisotopic (exact) mass is 269 g/mol. The molecule has 0 radical (unpaired) electrons. The van der Waals surface area contributed by atoms with E-state index in [1.807, 2.05) is 0 Å². The van der Waals surface area contributed by atoms with Crippen LogP contribution in [-0.4, -0.2) is 18.6 Å². The lowest BCUT2D eigenvalue weighted by atomic mass is 10.0. The highest BCUT2D eigenvalue weighted by Gasteiger charge is 2.14. The first kappa shape index (κ1) is 14.0. The van der Waals surface area contributed by atoms with Crippen molar-refractivity contribution in [2.45, 2.75) is 38.5 Å². The predicted molar refractivity (Wildman–Crippen MR) is 73.4 cm³/mol. The Morgan fingerprint density at radius 1 is 1.21 bits per heavy atom. The van der Waals surface area contributed by atoms with E-state index in [0.29, 0.717) is 6.54 Å². The second-order valence-electron chi connectivity index (χ2n) is 5.12. The lowest BCUT2D eigenvalue weighted by Gasteiger charge is -2.11. The van der Waals surface area contributed by atoms with Crippen LogP contribution in [0.4, 0.5) is 20.4 Å². The van der Waals surface area contributed by atoms with Gasteiger partial charge in [0, 0.05) is 19.7 Å². The number of pyridine rings is 1. The van der Waals surface area contributed by atoms with Crippen molar-refractivity contribution in [2.24, 2.45) is 5.92 Å². The molecule has 1 aromatic heterocycles. The number of nitrogens with zero attached hydrogens (tertiary/aromatic N) is 1. The summed E-state index contributed by atoms with van der Waals surface area (Å²) in [5.74, 6) is -0.286. The molecule has 1 aliphatic rings.